The number of thioether (sulfide) groups is 1. The summed E-state index contributed by atoms with van der Waals surface area (Å²) in [4.78, 5) is 12.1. The highest BCUT2D eigenvalue weighted by molar-refractivity contribution is 8.15. The summed E-state index contributed by atoms with van der Waals surface area (Å²) in [5.74, 6) is 0. The van der Waals surface area contributed by atoms with Crippen LogP contribution >= 0.6 is 11.8 Å². The molecule has 1 rings (SSSR count). The quantitative estimate of drug-likeness (QED) is 0.598. The number of rotatable bonds is 4. The van der Waals surface area contributed by atoms with Crippen LogP contribution in [0.2, 0.25) is 0 Å². The molecule has 1 saturated carbocycles. The summed E-state index contributed by atoms with van der Waals surface area (Å²) in [5.41, 5.74) is 0.706. The Hall–Kier alpha value is -0.240. The first-order valence-corrected chi connectivity index (χ1v) is 8.80. The molecule has 0 radical (unpaired) electrons. The van der Waals surface area contributed by atoms with E-state index < -0.39 is 0 Å². The van der Waals surface area contributed by atoms with E-state index in [-0.39, 0.29) is 9.86 Å². The summed E-state index contributed by atoms with van der Waals surface area (Å²) in [6.07, 6.45) is 14.2. The SMILES string of the molecule is C=C(C)C(=O)SC1(CCC)CCCCCCCCC1. The number of hydrogen-bond acceptors (Lipinski definition) is 2. The van der Waals surface area contributed by atoms with Crippen LogP contribution in [0.25, 0.3) is 0 Å². The maximum atomic E-state index is 12.1. The Morgan fingerprint density at radius 1 is 1.05 bits per heavy atom. The molecule has 0 amide bonds. The fourth-order valence-electron chi connectivity index (χ4n) is 3.05. The fourth-order valence-corrected chi connectivity index (χ4v) is 4.41. The van der Waals surface area contributed by atoms with Crippen molar-refractivity contribution in [3.8, 4) is 0 Å². The zero-order valence-corrected chi connectivity index (χ0v) is 13.6. The van der Waals surface area contributed by atoms with Crippen molar-refractivity contribution in [2.75, 3.05) is 0 Å². The van der Waals surface area contributed by atoms with E-state index in [1.807, 2.05) is 6.92 Å². The molecule has 0 unspecified atom stereocenters. The molecule has 0 aliphatic heterocycles. The third-order valence-electron chi connectivity index (χ3n) is 4.13. The molecule has 1 nitrogen and oxygen atoms in total. The van der Waals surface area contributed by atoms with E-state index in [0.29, 0.717) is 5.57 Å². The van der Waals surface area contributed by atoms with Gasteiger partial charge in [0.15, 0.2) is 0 Å². The van der Waals surface area contributed by atoms with E-state index in [4.69, 9.17) is 0 Å². The molecule has 0 saturated heterocycles. The summed E-state index contributed by atoms with van der Waals surface area (Å²) in [5, 5.41) is 0.213. The summed E-state index contributed by atoms with van der Waals surface area (Å²) in [7, 11) is 0. The van der Waals surface area contributed by atoms with E-state index in [1.165, 1.54) is 70.6 Å². The Morgan fingerprint density at radius 2 is 1.53 bits per heavy atom. The Kier molecular flexibility index (Phi) is 7.82. The second-order valence-electron chi connectivity index (χ2n) is 6.08. The minimum atomic E-state index is 0.197. The van der Waals surface area contributed by atoms with E-state index >= 15 is 0 Å². The molecule has 0 heterocycles. The zero-order valence-electron chi connectivity index (χ0n) is 12.8. The minimum absolute atomic E-state index is 0.197. The Labute approximate surface area is 123 Å². The van der Waals surface area contributed by atoms with Gasteiger partial charge in [0.25, 0.3) is 0 Å². The van der Waals surface area contributed by atoms with Crippen LogP contribution in [0.4, 0.5) is 0 Å². The maximum absolute atomic E-state index is 12.1. The summed E-state index contributed by atoms with van der Waals surface area (Å²) in [6.45, 7) is 7.90. The van der Waals surface area contributed by atoms with Crippen molar-refractivity contribution < 1.29 is 4.79 Å². The first kappa shape index (κ1) is 16.8. The van der Waals surface area contributed by atoms with Gasteiger partial charge in [0.05, 0.1) is 0 Å². The maximum Gasteiger partial charge on any atom is 0.214 e. The predicted molar refractivity (Wildman–Crippen MR) is 86.6 cm³/mol. The second kappa shape index (κ2) is 8.84. The molecule has 0 aromatic carbocycles. The monoisotopic (exact) mass is 282 g/mol. The lowest BCUT2D eigenvalue weighted by Gasteiger charge is -2.33. The predicted octanol–water partition coefficient (Wildman–Crippen LogP) is 5.89. The van der Waals surface area contributed by atoms with Gasteiger partial charge < -0.3 is 0 Å². The van der Waals surface area contributed by atoms with Crippen molar-refractivity contribution >= 4 is 16.9 Å². The molecule has 0 atom stereocenters. The molecule has 0 aromatic heterocycles. The van der Waals surface area contributed by atoms with Gasteiger partial charge in [-0.1, -0.05) is 76.6 Å². The van der Waals surface area contributed by atoms with Crippen molar-refractivity contribution in [1.82, 2.24) is 0 Å². The fraction of sp³-hybridized carbons (Fsp3) is 0.824. The largest absolute Gasteiger partial charge is 0.282 e. The van der Waals surface area contributed by atoms with Gasteiger partial charge in [-0.3, -0.25) is 4.79 Å². The zero-order chi connectivity index (χ0) is 14.1. The normalized spacial score (nSPS) is 20.7. The van der Waals surface area contributed by atoms with Gasteiger partial charge in [-0.25, -0.2) is 0 Å². The van der Waals surface area contributed by atoms with Gasteiger partial charge in [-0.2, -0.15) is 0 Å². The lowest BCUT2D eigenvalue weighted by Crippen LogP contribution is -2.27. The topological polar surface area (TPSA) is 17.1 Å². The minimum Gasteiger partial charge on any atom is -0.282 e. The highest BCUT2D eigenvalue weighted by Gasteiger charge is 2.32. The lowest BCUT2D eigenvalue weighted by molar-refractivity contribution is -0.107. The number of hydrogen-bond donors (Lipinski definition) is 0. The van der Waals surface area contributed by atoms with Gasteiger partial charge >= 0.3 is 0 Å². The van der Waals surface area contributed by atoms with Crippen molar-refractivity contribution in [1.29, 1.82) is 0 Å². The van der Waals surface area contributed by atoms with E-state index in [1.54, 1.807) is 11.8 Å². The number of carbonyl (C=O) groups excluding carboxylic acids is 1. The molecular weight excluding hydrogens is 252 g/mol. The molecule has 2 heteroatoms. The van der Waals surface area contributed by atoms with Gasteiger partial charge in [0, 0.05) is 4.75 Å². The molecule has 1 fully saturated rings. The van der Waals surface area contributed by atoms with Crippen LogP contribution < -0.4 is 0 Å². The average molecular weight is 282 g/mol. The number of carbonyl (C=O) groups is 1. The molecule has 0 bridgehead atoms. The first-order valence-electron chi connectivity index (χ1n) is 7.98. The third-order valence-corrected chi connectivity index (χ3v) is 5.71. The van der Waals surface area contributed by atoms with Crippen molar-refractivity contribution in [2.45, 2.75) is 89.2 Å². The molecular formula is C17H30OS. The van der Waals surface area contributed by atoms with Gasteiger partial charge in [0.1, 0.15) is 0 Å². The van der Waals surface area contributed by atoms with Gasteiger partial charge in [0.2, 0.25) is 5.12 Å². The van der Waals surface area contributed by atoms with Gasteiger partial charge in [-0.05, 0) is 31.8 Å². The Balaban J connectivity index is 2.72. The molecule has 1 aliphatic carbocycles. The molecule has 19 heavy (non-hydrogen) atoms. The Bertz CT molecular complexity index is 286. The van der Waals surface area contributed by atoms with Crippen LogP contribution in [0.1, 0.15) is 84.5 Å². The molecule has 0 spiro atoms. The first-order chi connectivity index (χ1) is 9.09. The van der Waals surface area contributed by atoms with Crippen LogP contribution in [0, 0.1) is 0 Å². The molecule has 0 N–H and O–H groups in total. The second-order valence-corrected chi connectivity index (χ2v) is 7.52. The highest BCUT2D eigenvalue weighted by Crippen LogP contribution is 2.42. The smallest absolute Gasteiger partial charge is 0.214 e. The average Bonchev–Trinajstić information content (AvgIpc) is 2.37. The highest BCUT2D eigenvalue weighted by atomic mass is 32.2. The van der Waals surface area contributed by atoms with Gasteiger partial charge in [-0.15, -0.1) is 0 Å². The van der Waals surface area contributed by atoms with Crippen LogP contribution in [-0.2, 0) is 4.79 Å². The third kappa shape index (κ3) is 6.16. The summed E-state index contributed by atoms with van der Waals surface area (Å²) < 4.78 is 0.197. The van der Waals surface area contributed by atoms with E-state index in [9.17, 15) is 4.79 Å². The van der Waals surface area contributed by atoms with Crippen LogP contribution in [0.3, 0.4) is 0 Å². The molecule has 110 valence electrons. The Morgan fingerprint density at radius 3 is 1.95 bits per heavy atom. The molecule has 1 aliphatic rings. The van der Waals surface area contributed by atoms with Crippen molar-refractivity contribution in [2.24, 2.45) is 0 Å². The van der Waals surface area contributed by atoms with E-state index in [0.717, 1.165) is 0 Å². The van der Waals surface area contributed by atoms with E-state index in [2.05, 4.69) is 13.5 Å². The summed E-state index contributed by atoms with van der Waals surface area (Å²) in [6, 6.07) is 0. The van der Waals surface area contributed by atoms with Crippen LogP contribution in [0.15, 0.2) is 12.2 Å². The molecule has 0 aromatic rings. The van der Waals surface area contributed by atoms with Crippen LogP contribution in [0.5, 0.6) is 0 Å². The standard InChI is InChI=1S/C17H30OS/c1-4-12-17(19-16(18)15(2)3)13-10-8-6-5-7-9-11-14-17/h2,4-14H2,1,3H3. The van der Waals surface area contributed by atoms with Crippen molar-refractivity contribution in [3.63, 3.8) is 0 Å². The lowest BCUT2D eigenvalue weighted by atomic mass is 9.88. The van der Waals surface area contributed by atoms with Crippen LogP contribution in [-0.4, -0.2) is 9.86 Å². The summed E-state index contributed by atoms with van der Waals surface area (Å²) >= 11 is 1.60. The van der Waals surface area contributed by atoms with Crippen molar-refractivity contribution in [3.05, 3.63) is 12.2 Å².